The summed E-state index contributed by atoms with van der Waals surface area (Å²) in [5.74, 6) is 4.23. The van der Waals surface area contributed by atoms with Crippen molar-refractivity contribution < 1.29 is 9.00 Å². The first-order chi connectivity index (χ1) is 13.9. The molecule has 1 atom stereocenters. The van der Waals surface area contributed by atoms with E-state index in [-0.39, 0.29) is 5.91 Å². The topological polar surface area (TPSA) is 85.1 Å². The van der Waals surface area contributed by atoms with Gasteiger partial charge in [-0.05, 0) is 64.2 Å². The summed E-state index contributed by atoms with van der Waals surface area (Å²) in [7, 11) is -2.39. The molecule has 0 radical (unpaired) electrons. The first-order valence-corrected chi connectivity index (χ1v) is 11.1. The van der Waals surface area contributed by atoms with Crippen molar-refractivity contribution in [3.8, 4) is 22.3 Å². The highest BCUT2D eigenvalue weighted by atomic mass is 32.2. The molecular weight excluding hydrogens is 382 g/mol. The van der Waals surface area contributed by atoms with Crippen molar-refractivity contribution in [1.82, 2.24) is 10.3 Å². The van der Waals surface area contributed by atoms with Gasteiger partial charge in [0.15, 0.2) is 0 Å². The Kier molecular flexibility index (Phi) is 3.86. The normalized spacial score (nSPS) is 19.5. The number of nitrogen functional groups attached to an aromatic ring is 1. The highest BCUT2D eigenvalue weighted by Gasteiger charge is 2.21. The van der Waals surface area contributed by atoms with E-state index >= 15 is 0 Å². The van der Waals surface area contributed by atoms with Gasteiger partial charge in [-0.2, -0.15) is 0 Å². The molecule has 0 saturated heterocycles. The number of aromatic nitrogens is 1. The molecule has 2 aliphatic rings. The van der Waals surface area contributed by atoms with Crippen molar-refractivity contribution in [3.63, 3.8) is 0 Å². The molecule has 3 N–H and O–H groups in total. The average molecular weight is 401 g/mol. The molecule has 29 heavy (non-hydrogen) atoms. The van der Waals surface area contributed by atoms with Gasteiger partial charge in [0.05, 0.1) is 0 Å². The van der Waals surface area contributed by atoms with E-state index in [1.807, 2.05) is 48.5 Å². The lowest BCUT2D eigenvalue weighted by Crippen LogP contribution is -2.31. The first kappa shape index (κ1) is 17.7. The number of anilines is 1. The van der Waals surface area contributed by atoms with Crippen molar-refractivity contribution in [2.75, 3.05) is 12.3 Å². The number of nitrogens with zero attached hydrogens (tertiary/aromatic N) is 1. The minimum Gasteiger partial charge on any atom is -0.383 e. The van der Waals surface area contributed by atoms with Crippen LogP contribution in [0.4, 0.5) is 5.82 Å². The van der Waals surface area contributed by atoms with Crippen LogP contribution in [0.5, 0.6) is 0 Å². The Hall–Kier alpha value is -3.38. The molecule has 0 aliphatic carbocycles. The van der Waals surface area contributed by atoms with Crippen LogP contribution in [0, 0.1) is 0 Å². The molecule has 144 valence electrons. The van der Waals surface area contributed by atoms with Crippen LogP contribution >= 0.6 is 0 Å². The van der Waals surface area contributed by atoms with Gasteiger partial charge in [0, 0.05) is 43.8 Å². The Labute approximate surface area is 169 Å². The first-order valence-electron chi connectivity index (χ1n) is 9.30. The molecule has 5 rings (SSSR count). The number of nitrogens with two attached hydrogens (primary N) is 1. The van der Waals surface area contributed by atoms with E-state index in [0.717, 1.165) is 44.7 Å². The number of hydrogen-bond donors (Lipinski definition) is 2. The van der Waals surface area contributed by atoms with E-state index < -0.39 is 9.52 Å². The Bertz CT molecular complexity index is 1320. The molecule has 3 aromatic rings. The van der Waals surface area contributed by atoms with Gasteiger partial charge in [-0.15, -0.1) is 0 Å². The number of amides is 1. The third-order valence-electron chi connectivity index (χ3n) is 5.46. The highest BCUT2D eigenvalue weighted by molar-refractivity contribution is 8.03. The standard InChI is InChI=1S/C23H19N3O2S/c1-29(28)10-8-19-17(3-2-4-21(19)29)16-12-20(22(24)26-13-16)14-5-6-18-15(11-14)7-9-25-23(18)27/h2-6,8,10-13H,1,7,9H2,(H2,24,26)(H,25,27). The molecule has 6 heteroatoms. The van der Waals surface area contributed by atoms with Gasteiger partial charge in [-0.25, -0.2) is 4.98 Å². The van der Waals surface area contributed by atoms with Crippen LogP contribution in [-0.2, 0) is 15.9 Å². The zero-order valence-electron chi connectivity index (χ0n) is 15.6. The molecule has 1 unspecified atom stereocenters. The van der Waals surface area contributed by atoms with E-state index in [1.54, 1.807) is 11.6 Å². The molecule has 2 aliphatic heterocycles. The fourth-order valence-corrected chi connectivity index (χ4v) is 5.33. The quantitative estimate of drug-likeness (QED) is 0.645. The van der Waals surface area contributed by atoms with Crippen molar-refractivity contribution in [2.24, 2.45) is 0 Å². The molecule has 0 spiro atoms. The summed E-state index contributed by atoms with van der Waals surface area (Å²) < 4.78 is 12.6. The predicted molar refractivity (Wildman–Crippen MR) is 118 cm³/mol. The number of carbonyl (C=O) groups excluding carboxylic acids is 1. The zero-order valence-corrected chi connectivity index (χ0v) is 16.5. The zero-order chi connectivity index (χ0) is 20.2. The molecule has 1 amide bonds. The monoisotopic (exact) mass is 401 g/mol. The van der Waals surface area contributed by atoms with Crippen LogP contribution in [0.2, 0.25) is 0 Å². The van der Waals surface area contributed by atoms with Crippen molar-refractivity contribution in [3.05, 3.63) is 70.8 Å². The highest BCUT2D eigenvalue weighted by Crippen LogP contribution is 2.37. The Balaban J connectivity index is 1.64. The van der Waals surface area contributed by atoms with Gasteiger partial charge in [0.25, 0.3) is 5.91 Å². The average Bonchev–Trinajstić information content (AvgIpc) is 3.03. The van der Waals surface area contributed by atoms with Gasteiger partial charge in [-0.3, -0.25) is 9.00 Å². The van der Waals surface area contributed by atoms with Crippen LogP contribution < -0.4 is 11.1 Å². The smallest absolute Gasteiger partial charge is 0.251 e. The third kappa shape index (κ3) is 2.84. The lowest BCUT2D eigenvalue weighted by molar-refractivity contribution is 0.0946. The second kappa shape index (κ2) is 6.32. The summed E-state index contributed by atoms with van der Waals surface area (Å²) in [6.45, 7) is 0.635. The number of hydrogen-bond acceptors (Lipinski definition) is 4. The Morgan fingerprint density at radius 2 is 1.93 bits per heavy atom. The van der Waals surface area contributed by atoms with E-state index in [9.17, 15) is 9.00 Å². The molecule has 3 heterocycles. The van der Waals surface area contributed by atoms with Crippen LogP contribution in [0.25, 0.3) is 28.3 Å². The molecule has 0 fully saturated rings. The maximum Gasteiger partial charge on any atom is 0.251 e. The third-order valence-corrected chi connectivity index (χ3v) is 7.14. The van der Waals surface area contributed by atoms with Crippen LogP contribution in [0.1, 0.15) is 21.5 Å². The fourth-order valence-electron chi connectivity index (χ4n) is 3.97. The largest absolute Gasteiger partial charge is 0.383 e. The summed E-state index contributed by atoms with van der Waals surface area (Å²) in [5.41, 5.74) is 12.4. The maximum atomic E-state index is 12.6. The Morgan fingerprint density at radius 1 is 1.07 bits per heavy atom. The number of rotatable bonds is 2. The number of pyridine rings is 1. The molecule has 5 nitrogen and oxygen atoms in total. The summed E-state index contributed by atoms with van der Waals surface area (Å²) >= 11 is 0. The lowest BCUT2D eigenvalue weighted by atomic mass is 9.93. The lowest BCUT2D eigenvalue weighted by Gasteiger charge is -2.18. The number of benzene rings is 2. The second-order valence-electron chi connectivity index (χ2n) is 7.28. The van der Waals surface area contributed by atoms with Crippen molar-refractivity contribution in [1.29, 1.82) is 0 Å². The van der Waals surface area contributed by atoms with Gasteiger partial charge < -0.3 is 11.1 Å². The van der Waals surface area contributed by atoms with E-state index in [0.29, 0.717) is 17.9 Å². The Morgan fingerprint density at radius 3 is 2.79 bits per heavy atom. The SMILES string of the molecule is C=S1(=O)C=Cc2c(-c3cnc(N)c(-c4ccc5c(c4)CCNC5=O)c3)cccc21. The summed E-state index contributed by atoms with van der Waals surface area (Å²) in [5, 5.41) is 4.53. The van der Waals surface area contributed by atoms with Gasteiger partial charge in [-0.1, -0.05) is 24.3 Å². The summed E-state index contributed by atoms with van der Waals surface area (Å²) in [4.78, 5) is 17.2. The van der Waals surface area contributed by atoms with Crippen molar-refractivity contribution >= 4 is 33.2 Å². The van der Waals surface area contributed by atoms with E-state index in [4.69, 9.17) is 5.73 Å². The molecule has 2 aromatic carbocycles. The van der Waals surface area contributed by atoms with Crippen LogP contribution in [0.3, 0.4) is 0 Å². The predicted octanol–water partition coefficient (Wildman–Crippen LogP) is 3.34. The summed E-state index contributed by atoms with van der Waals surface area (Å²) in [6, 6.07) is 13.5. The fraction of sp³-hybridized carbons (Fsp3) is 0.0870. The molecule has 0 saturated carbocycles. The number of fused-ring (bicyclic) bond motifs is 2. The van der Waals surface area contributed by atoms with Gasteiger partial charge >= 0.3 is 0 Å². The van der Waals surface area contributed by atoms with Crippen LogP contribution in [0.15, 0.2) is 59.0 Å². The number of carbonyl (C=O) groups is 1. The van der Waals surface area contributed by atoms with Gasteiger partial charge in [0.2, 0.25) is 0 Å². The summed E-state index contributed by atoms with van der Waals surface area (Å²) in [6.07, 6.45) is 4.39. The molecule has 1 aromatic heterocycles. The minimum absolute atomic E-state index is 0.0407. The minimum atomic E-state index is -2.39. The number of nitrogens with one attached hydrogen (secondary N) is 1. The maximum absolute atomic E-state index is 12.6. The van der Waals surface area contributed by atoms with Gasteiger partial charge in [0.1, 0.15) is 5.82 Å². The van der Waals surface area contributed by atoms with E-state index in [1.165, 1.54) is 0 Å². The molecule has 0 bridgehead atoms. The molecular formula is C23H19N3O2S. The van der Waals surface area contributed by atoms with Crippen LogP contribution in [-0.4, -0.2) is 27.5 Å². The second-order valence-corrected chi connectivity index (χ2v) is 9.45. The van der Waals surface area contributed by atoms with Crippen molar-refractivity contribution in [2.45, 2.75) is 11.3 Å². The van der Waals surface area contributed by atoms with E-state index in [2.05, 4.69) is 16.2 Å².